The van der Waals surface area contributed by atoms with Gasteiger partial charge in [-0.05, 0) is 42.2 Å². The Hall–Kier alpha value is -4.21. The Labute approximate surface area is 246 Å². The van der Waals surface area contributed by atoms with Crippen LogP contribution in [0.2, 0.25) is 0 Å². The number of hydrogen-bond acceptors (Lipinski definition) is 6. The summed E-state index contributed by atoms with van der Waals surface area (Å²) in [5.41, 5.74) is 1.66. The summed E-state index contributed by atoms with van der Waals surface area (Å²) in [6, 6.07) is 15.9. The highest BCUT2D eigenvalue weighted by atomic mass is 16.5. The summed E-state index contributed by atoms with van der Waals surface area (Å²) >= 11 is 0. The number of alkyl carbamates (subject to hydrolysis) is 1. The summed E-state index contributed by atoms with van der Waals surface area (Å²) in [5, 5.41) is 8.29. The maximum absolute atomic E-state index is 14.1. The molecular formula is C32H40N4O6. The summed E-state index contributed by atoms with van der Waals surface area (Å²) in [6.07, 6.45) is 1.55. The molecule has 0 radical (unpaired) electrons. The first-order chi connectivity index (χ1) is 20.3. The molecule has 0 bridgehead atoms. The van der Waals surface area contributed by atoms with E-state index >= 15 is 0 Å². The van der Waals surface area contributed by atoms with E-state index in [9.17, 15) is 24.0 Å². The van der Waals surface area contributed by atoms with Crippen LogP contribution in [-0.2, 0) is 36.9 Å². The summed E-state index contributed by atoms with van der Waals surface area (Å²) in [4.78, 5) is 66.1. The number of amides is 4. The summed E-state index contributed by atoms with van der Waals surface area (Å²) < 4.78 is 5.41. The predicted octanol–water partition coefficient (Wildman–Crippen LogP) is 2.61. The molecule has 10 heteroatoms. The molecule has 1 unspecified atom stereocenters. The number of carbonyl (C=O) groups is 5. The quantitative estimate of drug-likeness (QED) is 0.333. The van der Waals surface area contributed by atoms with E-state index < -0.39 is 36.0 Å². The molecule has 2 heterocycles. The standard InChI is InChI=1S/C32H40N4O6/c1-21(2)26-14-16-36(28(26)30(39)34-25(19-37)18-24-13-15-33-29(24)38)31(40)27(17-22-9-5-3-6-10-22)35-32(41)42-20-23-11-7-4-8-12-23/h3-12,19,21,24-28H,13-18,20H2,1-2H3,(H,33,38)(H,34,39)(H,35,41)/t24-,25-,26?,27-,28-/m0/s1. The lowest BCUT2D eigenvalue weighted by atomic mass is 9.87. The van der Waals surface area contributed by atoms with Crippen molar-refractivity contribution in [2.75, 3.05) is 13.1 Å². The van der Waals surface area contributed by atoms with Crippen LogP contribution in [0.25, 0.3) is 0 Å². The average Bonchev–Trinajstić information content (AvgIpc) is 3.62. The number of nitrogens with zero attached hydrogens (tertiary/aromatic N) is 1. The Morgan fingerprint density at radius 3 is 2.26 bits per heavy atom. The number of aldehydes is 1. The van der Waals surface area contributed by atoms with E-state index in [0.717, 1.165) is 11.1 Å². The minimum Gasteiger partial charge on any atom is -0.445 e. The molecule has 224 valence electrons. The number of benzene rings is 2. The van der Waals surface area contributed by atoms with Crippen LogP contribution in [0.4, 0.5) is 4.79 Å². The van der Waals surface area contributed by atoms with Crippen LogP contribution >= 0.6 is 0 Å². The normalized spacial score (nSPS) is 21.4. The average molecular weight is 577 g/mol. The van der Waals surface area contributed by atoms with Gasteiger partial charge in [0.1, 0.15) is 25.0 Å². The maximum atomic E-state index is 14.1. The molecule has 2 saturated heterocycles. The maximum Gasteiger partial charge on any atom is 0.408 e. The molecule has 3 N–H and O–H groups in total. The third kappa shape index (κ3) is 7.96. The molecule has 4 rings (SSSR count). The fraction of sp³-hybridized carbons (Fsp3) is 0.469. The molecule has 5 atom stereocenters. The number of likely N-dealkylation sites (tertiary alicyclic amines) is 1. The predicted molar refractivity (Wildman–Crippen MR) is 156 cm³/mol. The van der Waals surface area contributed by atoms with Crippen molar-refractivity contribution in [1.29, 1.82) is 0 Å². The minimum absolute atomic E-state index is 0.0508. The van der Waals surface area contributed by atoms with E-state index in [1.54, 1.807) is 0 Å². The fourth-order valence-corrected chi connectivity index (χ4v) is 5.85. The van der Waals surface area contributed by atoms with Gasteiger partial charge in [0.15, 0.2) is 0 Å². The van der Waals surface area contributed by atoms with Gasteiger partial charge in [0.05, 0.1) is 6.04 Å². The van der Waals surface area contributed by atoms with E-state index in [-0.39, 0.29) is 43.1 Å². The monoisotopic (exact) mass is 576 g/mol. The fourth-order valence-electron chi connectivity index (χ4n) is 5.85. The molecule has 2 aliphatic heterocycles. The van der Waals surface area contributed by atoms with Crippen molar-refractivity contribution in [3.8, 4) is 0 Å². The van der Waals surface area contributed by atoms with Crippen LogP contribution in [0.5, 0.6) is 0 Å². The van der Waals surface area contributed by atoms with Crippen molar-refractivity contribution in [3.63, 3.8) is 0 Å². The van der Waals surface area contributed by atoms with Gasteiger partial charge >= 0.3 is 6.09 Å². The lowest BCUT2D eigenvalue weighted by molar-refractivity contribution is -0.141. The molecule has 10 nitrogen and oxygen atoms in total. The first kappa shape index (κ1) is 30.7. The smallest absolute Gasteiger partial charge is 0.408 e. The van der Waals surface area contributed by atoms with Crippen molar-refractivity contribution >= 4 is 30.1 Å². The van der Waals surface area contributed by atoms with Gasteiger partial charge in [-0.25, -0.2) is 4.79 Å². The highest BCUT2D eigenvalue weighted by Gasteiger charge is 2.45. The summed E-state index contributed by atoms with van der Waals surface area (Å²) in [7, 11) is 0. The SMILES string of the molecule is CC(C)C1CCN(C(=O)[C@H](Cc2ccccc2)NC(=O)OCc2ccccc2)[C@@H]1C(=O)N[C@H](C=O)C[C@@H]1CCNC1=O. The van der Waals surface area contributed by atoms with Crippen LogP contribution in [0.3, 0.4) is 0 Å². The largest absolute Gasteiger partial charge is 0.445 e. The van der Waals surface area contributed by atoms with Crippen LogP contribution in [-0.4, -0.2) is 66.2 Å². The van der Waals surface area contributed by atoms with Gasteiger partial charge in [-0.15, -0.1) is 0 Å². The Morgan fingerprint density at radius 1 is 1.00 bits per heavy atom. The van der Waals surface area contributed by atoms with Crippen LogP contribution in [0, 0.1) is 17.8 Å². The molecule has 2 fully saturated rings. The van der Waals surface area contributed by atoms with E-state index in [0.29, 0.717) is 32.2 Å². The first-order valence-electron chi connectivity index (χ1n) is 14.6. The zero-order chi connectivity index (χ0) is 30.1. The Kier molecular flexibility index (Phi) is 10.7. The van der Waals surface area contributed by atoms with Gasteiger partial charge in [-0.2, -0.15) is 0 Å². The Balaban J connectivity index is 1.50. The molecule has 42 heavy (non-hydrogen) atoms. The highest BCUT2D eigenvalue weighted by molar-refractivity contribution is 5.93. The van der Waals surface area contributed by atoms with Crippen LogP contribution in [0.15, 0.2) is 60.7 Å². The molecule has 0 aromatic heterocycles. The third-order valence-corrected chi connectivity index (χ3v) is 8.13. The second-order valence-electron chi connectivity index (χ2n) is 11.4. The van der Waals surface area contributed by atoms with Crippen molar-refractivity contribution in [3.05, 3.63) is 71.8 Å². The molecule has 2 aromatic rings. The molecular weight excluding hydrogens is 536 g/mol. The number of nitrogens with one attached hydrogen (secondary N) is 3. The van der Waals surface area contributed by atoms with Gasteiger partial charge in [0.25, 0.3) is 0 Å². The molecule has 0 spiro atoms. The zero-order valence-corrected chi connectivity index (χ0v) is 24.2. The van der Waals surface area contributed by atoms with Gasteiger partial charge < -0.3 is 30.4 Å². The Bertz CT molecular complexity index is 1240. The Morgan fingerprint density at radius 2 is 1.67 bits per heavy atom. The summed E-state index contributed by atoms with van der Waals surface area (Å²) in [6.45, 7) is 4.93. The highest BCUT2D eigenvalue weighted by Crippen LogP contribution is 2.32. The topological polar surface area (TPSA) is 134 Å². The number of rotatable bonds is 12. The van der Waals surface area contributed by atoms with Crippen molar-refractivity contribution in [2.45, 2.75) is 64.3 Å². The number of hydrogen-bond donors (Lipinski definition) is 3. The summed E-state index contributed by atoms with van der Waals surface area (Å²) in [5.74, 6) is -1.34. The second-order valence-corrected chi connectivity index (χ2v) is 11.4. The molecule has 0 aliphatic carbocycles. The molecule has 4 amide bonds. The van der Waals surface area contributed by atoms with E-state index in [1.807, 2.05) is 74.5 Å². The van der Waals surface area contributed by atoms with Crippen LogP contribution in [0.1, 0.15) is 44.2 Å². The number of ether oxygens (including phenoxy) is 1. The molecule has 2 aromatic carbocycles. The van der Waals surface area contributed by atoms with Crippen molar-refractivity contribution < 1.29 is 28.7 Å². The van der Waals surface area contributed by atoms with E-state index in [4.69, 9.17) is 4.74 Å². The zero-order valence-electron chi connectivity index (χ0n) is 24.2. The lowest BCUT2D eigenvalue weighted by Crippen LogP contribution is -2.57. The molecule has 2 aliphatic rings. The van der Waals surface area contributed by atoms with Gasteiger partial charge in [0.2, 0.25) is 17.7 Å². The lowest BCUT2D eigenvalue weighted by Gasteiger charge is -2.32. The van der Waals surface area contributed by atoms with Crippen molar-refractivity contribution in [2.24, 2.45) is 17.8 Å². The van der Waals surface area contributed by atoms with Crippen molar-refractivity contribution in [1.82, 2.24) is 20.9 Å². The number of carbonyl (C=O) groups excluding carboxylic acids is 5. The van der Waals surface area contributed by atoms with Gasteiger partial charge in [-0.3, -0.25) is 14.4 Å². The van der Waals surface area contributed by atoms with Gasteiger partial charge in [-0.1, -0.05) is 74.5 Å². The minimum atomic E-state index is -0.971. The second kappa shape index (κ2) is 14.6. The van der Waals surface area contributed by atoms with Crippen LogP contribution < -0.4 is 16.0 Å². The van der Waals surface area contributed by atoms with E-state index in [2.05, 4.69) is 16.0 Å². The third-order valence-electron chi connectivity index (χ3n) is 8.13. The van der Waals surface area contributed by atoms with Gasteiger partial charge in [0, 0.05) is 25.4 Å². The molecule has 0 saturated carbocycles. The first-order valence-corrected chi connectivity index (χ1v) is 14.6. The van der Waals surface area contributed by atoms with E-state index in [1.165, 1.54) is 4.90 Å².